The van der Waals surface area contributed by atoms with E-state index in [0.717, 1.165) is 21.2 Å². The normalized spacial score (nSPS) is 10.7. The highest BCUT2D eigenvalue weighted by atomic mass is 79.9. The monoisotopic (exact) mass is 360 g/mol. The minimum absolute atomic E-state index is 0.271. The molecule has 1 amide bonds. The molecule has 22 heavy (non-hydrogen) atoms. The number of nitrogens with zero attached hydrogens (tertiary/aromatic N) is 1. The van der Waals surface area contributed by atoms with Crippen LogP contribution in [-0.4, -0.2) is 18.0 Å². The van der Waals surface area contributed by atoms with Crippen LogP contribution in [-0.2, 0) is 0 Å². The van der Waals surface area contributed by atoms with Crippen molar-refractivity contribution in [2.24, 2.45) is 0 Å². The minimum Gasteiger partial charge on any atom is -0.497 e. The summed E-state index contributed by atoms with van der Waals surface area (Å²) >= 11 is 3.30. The number of aromatic nitrogens is 1. The van der Waals surface area contributed by atoms with Crippen molar-refractivity contribution < 1.29 is 13.9 Å². The minimum atomic E-state index is -0.331. The summed E-state index contributed by atoms with van der Waals surface area (Å²) in [6.07, 6.45) is 1.62. The van der Waals surface area contributed by atoms with E-state index >= 15 is 0 Å². The summed E-state index contributed by atoms with van der Waals surface area (Å²) in [5, 5.41) is 3.57. The number of benzene rings is 1. The molecule has 2 aromatic heterocycles. The summed E-state index contributed by atoms with van der Waals surface area (Å²) in [7, 11) is 1.60. The number of anilines is 1. The number of nitrogens with one attached hydrogen (secondary N) is 1. The van der Waals surface area contributed by atoms with Gasteiger partial charge >= 0.3 is 0 Å². The zero-order chi connectivity index (χ0) is 15.7. The lowest BCUT2D eigenvalue weighted by atomic mass is 10.1. The van der Waals surface area contributed by atoms with Gasteiger partial charge in [-0.15, -0.1) is 0 Å². The van der Waals surface area contributed by atoms with E-state index in [1.165, 1.54) is 0 Å². The Morgan fingerprint density at radius 3 is 2.82 bits per heavy atom. The SMILES string of the molecule is COc1ccc2oc(C(=O)Nc3ccc(Br)cn3)c(C)c2c1. The molecule has 0 aliphatic rings. The van der Waals surface area contributed by atoms with Crippen LogP contribution in [0.2, 0.25) is 0 Å². The van der Waals surface area contributed by atoms with Crippen LogP contribution in [0.3, 0.4) is 0 Å². The third-order valence-electron chi connectivity index (χ3n) is 3.32. The predicted molar refractivity (Wildman–Crippen MR) is 87.4 cm³/mol. The maximum atomic E-state index is 12.4. The zero-order valence-electron chi connectivity index (χ0n) is 12.0. The summed E-state index contributed by atoms with van der Waals surface area (Å²) < 4.78 is 11.7. The van der Waals surface area contributed by atoms with Crippen LogP contribution in [0.15, 0.2) is 45.4 Å². The van der Waals surface area contributed by atoms with Crippen molar-refractivity contribution in [3.05, 3.63) is 52.3 Å². The fourth-order valence-electron chi connectivity index (χ4n) is 2.17. The number of furan rings is 1. The van der Waals surface area contributed by atoms with Crippen LogP contribution in [0.5, 0.6) is 5.75 Å². The molecule has 1 N–H and O–H groups in total. The second kappa shape index (κ2) is 5.81. The second-order valence-corrected chi connectivity index (χ2v) is 5.65. The van der Waals surface area contributed by atoms with Crippen molar-refractivity contribution in [3.63, 3.8) is 0 Å². The van der Waals surface area contributed by atoms with Gasteiger partial charge in [-0.2, -0.15) is 0 Å². The van der Waals surface area contributed by atoms with Crippen LogP contribution >= 0.6 is 15.9 Å². The Balaban J connectivity index is 1.93. The van der Waals surface area contributed by atoms with Gasteiger partial charge in [0.2, 0.25) is 0 Å². The third kappa shape index (κ3) is 2.69. The predicted octanol–water partition coefficient (Wildman–Crippen LogP) is 4.16. The maximum absolute atomic E-state index is 12.4. The van der Waals surface area contributed by atoms with Gasteiger partial charge in [0.15, 0.2) is 5.76 Å². The average molecular weight is 361 g/mol. The molecule has 0 fully saturated rings. The van der Waals surface area contributed by atoms with Gasteiger partial charge in [0.05, 0.1) is 7.11 Å². The number of rotatable bonds is 3. The van der Waals surface area contributed by atoms with Crippen molar-refractivity contribution >= 4 is 38.6 Å². The third-order valence-corrected chi connectivity index (χ3v) is 3.79. The Labute approximate surface area is 135 Å². The molecule has 112 valence electrons. The van der Waals surface area contributed by atoms with E-state index in [9.17, 15) is 4.79 Å². The van der Waals surface area contributed by atoms with Gasteiger partial charge in [-0.25, -0.2) is 4.98 Å². The number of pyridine rings is 1. The van der Waals surface area contributed by atoms with Crippen molar-refractivity contribution in [2.45, 2.75) is 6.92 Å². The van der Waals surface area contributed by atoms with Crippen LogP contribution in [0.4, 0.5) is 5.82 Å². The Kier molecular flexibility index (Phi) is 3.85. The molecule has 3 aromatic rings. The van der Waals surface area contributed by atoms with Gasteiger partial charge < -0.3 is 14.5 Å². The molecule has 0 radical (unpaired) electrons. The maximum Gasteiger partial charge on any atom is 0.292 e. The Morgan fingerprint density at radius 2 is 2.14 bits per heavy atom. The van der Waals surface area contributed by atoms with Gasteiger partial charge in [-0.1, -0.05) is 0 Å². The van der Waals surface area contributed by atoms with Crippen molar-refractivity contribution in [1.82, 2.24) is 4.98 Å². The van der Waals surface area contributed by atoms with E-state index in [2.05, 4.69) is 26.2 Å². The smallest absolute Gasteiger partial charge is 0.292 e. The van der Waals surface area contributed by atoms with Crippen molar-refractivity contribution in [3.8, 4) is 5.75 Å². The molecule has 3 rings (SSSR count). The highest BCUT2D eigenvalue weighted by Crippen LogP contribution is 2.29. The standard InChI is InChI=1S/C16H13BrN2O3/c1-9-12-7-11(21-2)4-5-13(12)22-15(9)16(20)19-14-6-3-10(17)8-18-14/h3-8H,1-2H3,(H,18,19,20). The van der Waals surface area contributed by atoms with Gasteiger partial charge in [-0.05, 0) is 53.2 Å². The molecule has 5 nitrogen and oxygen atoms in total. The highest BCUT2D eigenvalue weighted by molar-refractivity contribution is 9.10. The van der Waals surface area contributed by atoms with Crippen LogP contribution in [0, 0.1) is 6.92 Å². The Morgan fingerprint density at radius 1 is 1.32 bits per heavy atom. The van der Waals surface area contributed by atoms with Gasteiger partial charge in [-0.3, -0.25) is 4.79 Å². The number of ether oxygens (including phenoxy) is 1. The van der Waals surface area contributed by atoms with E-state index in [4.69, 9.17) is 9.15 Å². The number of halogens is 1. The molecule has 0 saturated carbocycles. The van der Waals surface area contributed by atoms with Crippen LogP contribution in [0.1, 0.15) is 16.1 Å². The second-order valence-electron chi connectivity index (χ2n) is 4.73. The van der Waals surface area contributed by atoms with Gasteiger partial charge in [0.25, 0.3) is 5.91 Å². The average Bonchev–Trinajstić information content (AvgIpc) is 2.86. The molecule has 0 unspecified atom stereocenters. The Hall–Kier alpha value is -2.34. The molecule has 1 aromatic carbocycles. The number of fused-ring (bicyclic) bond motifs is 1. The largest absolute Gasteiger partial charge is 0.497 e. The molecular weight excluding hydrogens is 348 g/mol. The van der Waals surface area contributed by atoms with Gasteiger partial charge in [0, 0.05) is 21.6 Å². The number of aryl methyl sites for hydroxylation is 1. The summed E-state index contributed by atoms with van der Waals surface area (Å²) in [6.45, 7) is 1.84. The van der Waals surface area contributed by atoms with Crippen LogP contribution in [0.25, 0.3) is 11.0 Å². The number of carbonyl (C=O) groups is 1. The Bertz CT molecular complexity index is 840. The zero-order valence-corrected chi connectivity index (χ0v) is 13.6. The number of amides is 1. The first kappa shape index (κ1) is 14.6. The fourth-order valence-corrected chi connectivity index (χ4v) is 2.40. The summed E-state index contributed by atoms with van der Waals surface area (Å²) in [6, 6.07) is 8.95. The van der Waals surface area contributed by atoms with E-state index in [1.807, 2.05) is 13.0 Å². The van der Waals surface area contributed by atoms with E-state index in [-0.39, 0.29) is 11.7 Å². The molecule has 2 heterocycles. The number of carbonyl (C=O) groups excluding carboxylic acids is 1. The molecular formula is C16H13BrN2O3. The molecule has 0 atom stereocenters. The molecule has 0 spiro atoms. The summed E-state index contributed by atoms with van der Waals surface area (Å²) in [5.74, 6) is 1.12. The molecule has 0 aliphatic heterocycles. The molecule has 0 bridgehead atoms. The molecule has 6 heteroatoms. The first-order valence-electron chi connectivity index (χ1n) is 6.58. The number of hydrogen-bond donors (Lipinski definition) is 1. The fraction of sp³-hybridized carbons (Fsp3) is 0.125. The van der Waals surface area contributed by atoms with E-state index < -0.39 is 0 Å². The van der Waals surface area contributed by atoms with Gasteiger partial charge in [0.1, 0.15) is 17.2 Å². The highest BCUT2D eigenvalue weighted by Gasteiger charge is 2.18. The number of hydrogen-bond acceptors (Lipinski definition) is 4. The quantitative estimate of drug-likeness (QED) is 0.761. The lowest BCUT2D eigenvalue weighted by Crippen LogP contribution is -2.13. The van der Waals surface area contributed by atoms with Crippen molar-refractivity contribution in [1.29, 1.82) is 0 Å². The summed E-state index contributed by atoms with van der Waals surface area (Å²) in [5.41, 5.74) is 1.41. The number of methoxy groups -OCH3 is 1. The lowest BCUT2D eigenvalue weighted by Gasteiger charge is -2.02. The first-order chi connectivity index (χ1) is 10.6. The molecule has 0 aliphatic carbocycles. The summed E-state index contributed by atoms with van der Waals surface area (Å²) in [4.78, 5) is 16.5. The first-order valence-corrected chi connectivity index (χ1v) is 7.38. The van der Waals surface area contributed by atoms with Crippen molar-refractivity contribution in [2.75, 3.05) is 12.4 Å². The molecule has 0 saturated heterocycles. The van der Waals surface area contributed by atoms with E-state index in [0.29, 0.717) is 11.4 Å². The van der Waals surface area contributed by atoms with Crippen LogP contribution < -0.4 is 10.1 Å². The topological polar surface area (TPSA) is 64.4 Å². The lowest BCUT2D eigenvalue weighted by molar-refractivity contribution is 0.0997. The van der Waals surface area contributed by atoms with E-state index in [1.54, 1.807) is 37.6 Å².